The molecule has 186 valence electrons. The van der Waals surface area contributed by atoms with Gasteiger partial charge < -0.3 is 15.1 Å². The molecule has 1 N–H and O–H groups in total. The third-order valence-electron chi connectivity index (χ3n) is 6.89. The number of nitrogens with one attached hydrogen (secondary N) is 1. The molecule has 0 saturated carbocycles. The number of amidine groups is 2. The molecule has 1 unspecified atom stereocenters. The van der Waals surface area contributed by atoms with Crippen LogP contribution in [0.2, 0.25) is 0 Å². The van der Waals surface area contributed by atoms with Gasteiger partial charge in [0, 0.05) is 55.3 Å². The Kier molecular flexibility index (Phi) is 6.76. The van der Waals surface area contributed by atoms with Crippen LogP contribution >= 0.6 is 12.4 Å². The lowest BCUT2D eigenvalue weighted by molar-refractivity contribution is 0.313. The molecular weight excluding hydrogens is 484 g/mol. The van der Waals surface area contributed by atoms with Crippen LogP contribution in [0.15, 0.2) is 83.0 Å². The number of pyridine rings is 1. The molecule has 3 aromatic rings. The van der Waals surface area contributed by atoms with Crippen LogP contribution in [0.5, 0.6) is 0 Å². The van der Waals surface area contributed by atoms with Crippen LogP contribution in [0.1, 0.15) is 16.8 Å². The first kappa shape index (κ1) is 24.7. The van der Waals surface area contributed by atoms with Gasteiger partial charge in [-0.15, -0.1) is 17.7 Å². The molecule has 37 heavy (non-hydrogen) atoms. The number of piperazine rings is 1. The molecule has 0 amide bonds. The number of likely N-dealkylation sites (N-methyl/N-ethyl adjacent to an activating group) is 1. The zero-order chi connectivity index (χ0) is 24.5. The van der Waals surface area contributed by atoms with Crippen LogP contribution in [0.25, 0.3) is 6.08 Å². The lowest BCUT2D eigenvalue weighted by Gasteiger charge is -2.35. The summed E-state index contributed by atoms with van der Waals surface area (Å²) in [5, 5.41) is 19.0. The van der Waals surface area contributed by atoms with Gasteiger partial charge in [0.2, 0.25) is 11.5 Å². The van der Waals surface area contributed by atoms with Crippen LogP contribution in [-0.2, 0) is 6.54 Å². The molecule has 1 saturated heterocycles. The van der Waals surface area contributed by atoms with Crippen molar-refractivity contribution in [2.45, 2.75) is 6.54 Å². The molecule has 0 spiro atoms. The molecule has 3 aliphatic heterocycles. The van der Waals surface area contributed by atoms with E-state index in [2.05, 4.69) is 51.6 Å². The summed E-state index contributed by atoms with van der Waals surface area (Å²) < 4.78 is -0.330. The van der Waals surface area contributed by atoms with Crippen LogP contribution < -0.4 is 14.8 Å². The van der Waals surface area contributed by atoms with Crippen molar-refractivity contribution in [2.24, 2.45) is 10.1 Å². The molecule has 1 atom stereocenters. The summed E-state index contributed by atoms with van der Waals surface area (Å²) in [5.41, 5.74) is 5.57. The number of rotatable bonds is 5. The maximum atomic E-state index is 10.6. The van der Waals surface area contributed by atoms with E-state index in [1.807, 2.05) is 54.6 Å². The van der Waals surface area contributed by atoms with Gasteiger partial charge >= 0.3 is 6.19 Å². The highest BCUT2D eigenvalue weighted by Crippen LogP contribution is 2.45. The Balaban J connectivity index is 0.00000280. The van der Waals surface area contributed by atoms with Crippen molar-refractivity contribution in [1.82, 2.24) is 14.5 Å². The molecule has 0 aliphatic carbocycles. The third-order valence-corrected chi connectivity index (χ3v) is 6.89. The fourth-order valence-corrected chi connectivity index (χ4v) is 4.90. The monoisotopic (exact) mass is 511 g/mol. The second-order valence-corrected chi connectivity index (χ2v) is 9.22. The van der Waals surface area contributed by atoms with E-state index in [1.54, 1.807) is 6.20 Å². The SMILES string of the molecule is CN1CCN(c2cc3c(c(NCc4ccccn4)c2)[N+]2(C#N)N=C(c4ccccc4)N=C2C=C3)CC1.Cl. The Labute approximate surface area is 222 Å². The Morgan fingerprint density at radius 2 is 1.78 bits per heavy atom. The lowest BCUT2D eigenvalue weighted by Crippen LogP contribution is -2.45. The van der Waals surface area contributed by atoms with E-state index >= 15 is 0 Å². The fraction of sp³-hybridized carbons (Fsp3) is 0.214. The second kappa shape index (κ2) is 10.1. The van der Waals surface area contributed by atoms with Gasteiger partial charge in [-0.05, 0) is 47.1 Å². The number of benzene rings is 2. The Bertz CT molecular complexity index is 1420. The molecule has 4 heterocycles. The normalized spacial score (nSPS) is 20.2. The predicted molar refractivity (Wildman–Crippen MR) is 152 cm³/mol. The van der Waals surface area contributed by atoms with Gasteiger partial charge in [0.15, 0.2) is 0 Å². The van der Waals surface area contributed by atoms with Gasteiger partial charge in [-0.25, -0.2) is 0 Å². The van der Waals surface area contributed by atoms with Gasteiger partial charge in [0.05, 0.1) is 12.2 Å². The number of halogens is 1. The van der Waals surface area contributed by atoms with Crippen molar-refractivity contribution in [2.75, 3.05) is 43.4 Å². The quantitative estimate of drug-likeness (QED) is 0.404. The van der Waals surface area contributed by atoms with Crippen molar-refractivity contribution in [3.05, 3.63) is 89.8 Å². The number of nitrogens with zero attached hydrogens (tertiary/aromatic N) is 7. The highest BCUT2D eigenvalue weighted by atomic mass is 35.5. The van der Waals surface area contributed by atoms with Crippen molar-refractivity contribution in [3.63, 3.8) is 0 Å². The summed E-state index contributed by atoms with van der Waals surface area (Å²) in [6.45, 7) is 4.49. The number of hydrogen-bond acceptors (Lipinski definition) is 7. The summed E-state index contributed by atoms with van der Waals surface area (Å²) in [7, 11) is 2.16. The fourth-order valence-electron chi connectivity index (χ4n) is 4.90. The average Bonchev–Trinajstić information content (AvgIpc) is 3.33. The number of nitriles is 1. The third kappa shape index (κ3) is 4.49. The molecule has 0 radical (unpaired) electrons. The first-order chi connectivity index (χ1) is 17.7. The topological polar surface area (TPSA) is 79.9 Å². The van der Waals surface area contributed by atoms with Crippen molar-refractivity contribution < 1.29 is 0 Å². The minimum atomic E-state index is -0.330. The zero-order valence-electron chi connectivity index (χ0n) is 20.6. The van der Waals surface area contributed by atoms with Gasteiger partial charge in [-0.2, -0.15) is 4.99 Å². The van der Waals surface area contributed by atoms with Gasteiger partial charge in [-0.1, -0.05) is 36.4 Å². The molecule has 6 rings (SSSR count). The van der Waals surface area contributed by atoms with E-state index in [0.29, 0.717) is 18.2 Å². The zero-order valence-corrected chi connectivity index (χ0v) is 21.4. The summed E-state index contributed by atoms with van der Waals surface area (Å²) in [6.07, 6.45) is 8.23. The number of aliphatic imine (C=N–C) groups is 1. The molecule has 3 aliphatic rings. The Hall–Kier alpha value is -4.03. The van der Waals surface area contributed by atoms with E-state index in [-0.39, 0.29) is 17.0 Å². The first-order valence-electron chi connectivity index (χ1n) is 12.2. The molecule has 1 aromatic heterocycles. The van der Waals surface area contributed by atoms with E-state index in [4.69, 9.17) is 10.1 Å². The number of fused-ring (bicyclic) bond motifs is 3. The summed E-state index contributed by atoms with van der Waals surface area (Å²) >= 11 is 0. The summed E-state index contributed by atoms with van der Waals surface area (Å²) in [4.78, 5) is 14.0. The van der Waals surface area contributed by atoms with Crippen LogP contribution in [-0.4, -0.2) is 54.8 Å². The highest BCUT2D eigenvalue weighted by Gasteiger charge is 2.49. The molecule has 8 nitrogen and oxygen atoms in total. The highest BCUT2D eigenvalue weighted by molar-refractivity contribution is 6.21. The molecular formula is C28H28ClN8+. The van der Waals surface area contributed by atoms with Crippen molar-refractivity contribution in [3.8, 4) is 6.19 Å². The Morgan fingerprint density at radius 1 is 1.00 bits per heavy atom. The molecule has 1 fully saturated rings. The maximum absolute atomic E-state index is 10.6. The number of quaternary nitrogens is 1. The summed E-state index contributed by atoms with van der Waals surface area (Å²) in [6, 6.07) is 20.0. The maximum Gasteiger partial charge on any atom is 0.351 e. The molecule has 2 aromatic carbocycles. The first-order valence-corrected chi connectivity index (χ1v) is 12.2. The smallest absolute Gasteiger partial charge is 0.351 e. The van der Waals surface area contributed by atoms with E-state index in [0.717, 1.165) is 60.1 Å². The van der Waals surface area contributed by atoms with E-state index in [1.165, 1.54) is 0 Å². The van der Waals surface area contributed by atoms with Crippen LogP contribution in [0.4, 0.5) is 17.1 Å². The molecule has 0 bridgehead atoms. The number of anilines is 2. The van der Waals surface area contributed by atoms with Gasteiger partial charge in [0.25, 0.3) is 5.84 Å². The summed E-state index contributed by atoms with van der Waals surface area (Å²) in [5.74, 6) is 1.15. The van der Waals surface area contributed by atoms with Crippen LogP contribution in [0.3, 0.4) is 0 Å². The second-order valence-electron chi connectivity index (χ2n) is 9.22. The molecule has 9 heteroatoms. The predicted octanol–water partition coefficient (Wildman–Crippen LogP) is 4.46. The lowest BCUT2D eigenvalue weighted by atomic mass is 10.0. The van der Waals surface area contributed by atoms with E-state index in [9.17, 15) is 5.26 Å². The largest absolute Gasteiger partial charge is 0.374 e. The minimum Gasteiger partial charge on any atom is -0.374 e. The number of aromatic nitrogens is 1. The average molecular weight is 512 g/mol. The van der Waals surface area contributed by atoms with Crippen molar-refractivity contribution in [1.29, 1.82) is 5.26 Å². The standard InChI is InChI=1S/C28H27N8.ClH/c1-34-13-15-35(16-14-34)24-17-22-10-11-26-32-28(21-7-3-2-4-8-21)33-36(26,20-29)27(22)25(18-24)31-19-23-9-5-6-12-30-23;/h2-12,17-18,31H,13-16,19H2,1H3;1H/q+1;. The Morgan fingerprint density at radius 3 is 2.51 bits per heavy atom. The van der Waals surface area contributed by atoms with E-state index < -0.39 is 0 Å². The number of hydrogen-bond donors (Lipinski definition) is 1. The van der Waals surface area contributed by atoms with Crippen molar-refractivity contribution >= 4 is 47.2 Å². The minimum absolute atomic E-state index is 0. The van der Waals surface area contributed by atoms with Gasteiger partial charge in [0.1, 0.15) is 5.69 Å². The van der Waals surface area contributed by atoms with Gasteiger partial charge in [-0.3, -0.25) is 4.98 Å². The van der Waals surface area contributed by atoms with Crippen LogP contribution in [0, 0.1) is 11.5 Å².